The van der Waals surface area contributed by atoms with E-state index in [0.29, 0.717) is 24.3 Å². The van der Waals surface area contributed by atoms with Gasteiger partial charge in [-0.25, -0.2) is 9.78 Å². The predicted octanol–water partition coefficient (Wildman–Crippen LogP) is 3.50. The van der Waals surface area contributed by atoms with Crippen molar-refractivity contribution >= 4 is 22.4 Å². The highest BCUT2D eigenvalue weighted by Crippen LogP contribution is 2.27. The first kappa shape index (κ1) is 16.0. The minimum atomic E-state index is -0.326. The minimum absolute atomic E-state index is 0.326. The molecule has 0 N–H and O–H groups in total. The van der Waals surface area contributed by atoms with Gasteiger partial charge in [0.25, 0.3) is 0 Å². The van der Waals surface area contributed by atoms with Crippen molar-refractivity contribution in [3.05, 3.63) is 10.6 Å². The fourth-order valence-electron chi connectivity index (χ4n) is 1.95. The van der Waals surface area contributed by atoms with Gasteiger partial charge in [-0.1, -0.05) is 13.8 Å². The van der Waals surface area contributed by atoms with Gasteiger partial charge in [-0.15, -0.1) is 11.3 Å². The molecule has 0 fully saturated rings. The third-order valence-corrected chi connectivity index (χ3v) is 4.09. The van der Waals surface area contributed by atoms with E-state index in [4.69, 9.17) is 4.74 Å². The molecule has 0 radical (unpaired) electrons. The minimum Gasteiger partial charge on any atom is -0.461 e. The van der Waals surface area contributed by atoms with Gasteiger partial charge in [0.15, 0.2) is 10.8 Å². The van der Waals surface area contributed by atoms with E-state index < -0.39 is 0 Å². The molecule has 1 atom stereocenters. The van der Waals surface area contributed by atoms with E-state index >= 15 is 0 Å². The summed E-state index contributed by atoms with van der Waals surface area (Å²) >= 11 is 1.55. The van der Waals surface area contributed by atoms with Crippen molar-refractivity contribution in [1.29, 1.82) is 0 Å². The first-order chi connectivity index (χ1) is 8.86. The van der Waals surface area contributed by atoms with Crippen LogP contribution in [0.5, 0.6) is 0 Å². The Morgan fingerprint density at radius 2 is 2.05 bits per heavy atom. The first-order valence-electron chi connectivity index (χ1n) is 6.74. The van der Waals surface area contributed by atoms with Crippen LogP contribution in [0.4, 0.5) is 5.13 Å². The molecule has 0 saturated heterocycles. The number of anilines is 1. The van der Waals surface area contributed by atoms with Crippen molar-refractivity contribution in [2.45, 2.75) is 47.1 Å². The van der Waals surface area contributed by atoms with Crippen LogP contribution in [0, 0.1) is 12.8 Å². The number of aromatic nitrogens is 1. The summed E-state index contributed by atoms with van der Waals surface area (Å²) < 4.78 is 5.01. The molecule has 0 aliphatic carbocycles. The van der Waals surface area contributed by atoms with Gasteiger partial charge >= 0.3 is 5.97 Å². The third kappa shape index (κ3) is 4.20. The molecular weight excluding hydrogens is 260 g/mol. The molecule has 5 heteroatoms. The van der Waals surface area contributed by atoms with Gasteiger partial charge in [-0.05, 0) is 33.1 Å². The van der Waals surface area contributed by atoms with Gasteiger partial charge < -0.3 is 9.64 Å². The molecule has 1 aromatic heterocycles. The SMILES string of the molecule is CCOC(=O)c1nc(N(C)C(C)CC(C)C)sc1C. The van der Waals surface area contributed by atoms with E-state index in [2.05, 4.69) is 30.7 Å². The van der Waals surface area contributed by atoms with E-state index in [-0.39, 0.29) is 5.97 Å². The van der Waals surface area contributed by atoms with E-state index in [0.717, 1.165) is 16.4 Å². The molecule has 1 rings (SSSR count). The topological polar surface area (TPSA) is 42.4 Å². The van der Waals surface area contributed by atoms with Crippen molar-refractivity contribution < 1.29 is 9.53 Å². The Balaban J connectivity index is 2.85. The summed E-state index contributed by atoms with van der Waals surface area (Å²) in [6, 6.07) is 0.403. The molecule has 0 aromatic carbocycles. The van der Waals surface area contributed by atoms with E-state index in [9.17, 15) is 4.79 Å². The Hall–Kier alpha value is -1.10. The third-order valence-electron chi connectivity index (χ3n) is 3.03. The van der Waals surface area contributed by atoms with Crippen LogP contribution in [-0.4, -0.2) is 30.6 Å². The van der Waals surface area contributed by atoms with Crippen LogP contribution in [0.15, 0.2) is 0 Å². The molecule has 1 aromatic rings. The molecule has 0 aliphatic rings. The second-order valence-corrected chi connectivity index (χ2v) is 6.39. The summed E-state index contributed by atoms with van der Waals surface area (Å²) in [7, 11) is 2.03. The Labute approximate surface area is 119 Å². The summed E-state index contributed by atoms with van der Waals surface area (Å²) in [6.07, 6.45) is 1.10. The zero-order valence-corrected chi connectivity index (χ0v) is 13.5. The highest BCUT2D eigenvalue weighted by molar-refractivity contribution is 7.15. The zero-order chi connectivity index (χ0) is 14.6. The number of nitrogens with zero attached hydrogens (tertiary/aromatic N) is 2. The Bertz CT molecular complexity index is 429. The van der Waals surface area contributed by atoms with Crippen LogP contribution in [-0.2, 0) is 4.74 Å². The van der Waals surface area contributed by atoms with Gasteiger partial charge in [0.05, 0.1) is 6.61 Å². The van der Waals surface area contributed by atoms with E-state index in [1.54, 1.807) is 18.3 Å². The quantitative estimate of drug-likeness (QED) is 0.750. The van der Waals surface area contributed by atoms with Crippen molar-refractivity contribution in [3.63, 3.8) is 0 Å². The maximum atomic E-state index is 11.8. The fraction of sp³-hybridized carbons (Fsp3) is 0.714. The number of esters is 1. The highest BCUT2D eigenvalue weighted by atomic mass is 32.1. The largest absolute Gasteiger partial charge is 0.461 e. The lowest BCUT2D eigenvalue weighted by Crippen LogP contribution is -2.30. The Morgan fingerprint density at radius 1 is 1.42 bits per heavy atom. The molecule has 0 aliphatic heterocycles. The number of hydrogen-bond acceptors (Lipinski definition) is 5. The van der Waals surface area contributed by atoms with E-state index in [1.807, 2.05) is 14.0 Å². The summed E-state index contributed by atoms with van der Waals surface area (Å²) in [5.41, 5.74) is 0.449. The number of thiazole rings is 1. The summed E-state index contributed by atoms with van der Waals surface area (Å²) in [6.45, 7) is 10.7. The van der Waals surface area contributed by atoms with Crippen LogP contribution >= 0.6 is 11.3 Å². The number of carbonyl (C=O) groups excluding carboxylic acids is 1. The van der Waals surface area contributed by atoms with E-state index in [1.165, 1.54) is 0 Å². The molecule has 19 heavy (non-hydrogen) atoms. The lowest BCUT2D eigenvalue weighted by Gasteiger charge is -2.25. The Morgan fingerprint density at radius 3 is 2.58 bits per heavy atom. The van der Waals surface area contributed by atoms with Crippen LogP contribution < -0.4 is 4.90 Å². The van der Waals surface area contributed by atoms with Gasteiger partial charge in [0.2, 0.25) is 0 Å². The number of carbonyl (C=O) groups is 1. The molecular formula is C14H24N2O2S. The second-order valence-electron chi connectivity index (χ2n) is 5.21. The zero-order valence-electron chi connectivity index (χ0n) is 12.7. The smallest absolute Gasteiger partial charge is 0.358 e. The van der Waals surface area contributed by atoms with Crippen LogP contribution in [0.1, 0.15) is 49.5 Å². The fourth-order valence-corrected chi connectivity index (χ4v) is 2.91. The maximum Gasteiger partial charge on any atom is 0.358 e. The standard InChI is InChI=1S/C14H24N2O2S/c1-7-18-13(17)12-11(5)19-14(15-12)16(6)10(4)8-9(2)3/h9-10H,7-8H2,1-6H3. The highest BCUT2D eigenvalue weighted by Gasteiger charge is 2.20. The Kier molecular flexibility index (Phi) is 5.79. The summed E-state index contributed by atoms with van der Waals surface area (Å²) in [5, 5.41) is 0.883. The molecule has 0 bridgehead atoms. The molecule has 4 nitrogen and oxygen atoms in total. The molecule has 0 spiro atoms. The van der Waals surface area contributed by atoms with Crippen LogP contribution in [0.3, 0.4) is 0 Å². The van der Waals surface area contributed by atoms with Crippen LogP contribution in [0.25, 0.3) is 0 Å². The summed E-state index contributed by atoms with van der Waals surface area (Å²) in [5.74, 6) is 0.315. The first-order valence-corrected chi connectivity index (χ1v) is 7.55. The summed E-state index contributed by atoms with van der Waals surface area (Å²) in [4.78, 5) is 19.2. The monoisotopic (exact) mass is 284 g/mol. The molecule has 0 amide bonds. The molecule has 1 unspecified atom stereocenters. The number of rotatable bonds is 6. The molecule has 0 saturated carbocycles. The number of aryl methyl sites for hydroxylation is 1. The average molecular weight is 284 g/mol. The van der Waals surface area contributed by atoms with Gasteiger partial charge in [0, 0.05) is 18.0 Å². The van der Waals surface area contributed by atoms with Gasteiger partial charge in [-0.3, -0.25) is 0 Å². The van der Waals surface area contributed by atoms with Crippen molar-refractivity contribution in [1.82, 2.24) is 4.98 Å². The molecule has 1 heterocycles. The van der Waals surface area contributed by atoms with Crippen molar-refractivity contribution in [3.8, 4) is 0 Å². The predicted molar refractivity (Wildman–Crippen MR) is 80.1 cm³/mol. The van der Waals surface area contributed by atoms with Crippen molar-refractivity contribution in [2.75, 3.05) is 18.6 Å². The van der Waals surface area contributed by atoms with Crippen molar-refractivity contribution in [2.24, 2.45) is 5.92 Å². The number of hydrogen-bond donors (Lipinski definition) is 0. The van der Waals surface area contributed by atoms with Gasteiger partial charge in [-0.2, -0.15) is 0 Å². The van der Waals surface area contributed by atoms with Crippen LogP contribution in [0.2, 0.25) is 0 Å². The van der Waals surface area contributed by atoms with Gasteiger partial charge in [0.1, 0.15) is 0 Å². The second kappa shape index (κ2) is 6.89. The normalized spacial score (nSPS) is 12.6. The maximum absolute atomic E-state index is 11.8. The average Bonchev–Trinajstić information content (AvgIpc) is 2.69. The molecule has 108 valence electrons. The number of ether oxygens (including phenoxy) is 1. The lowest BCUT2D eigenvalue weighted by atomic mass is 10.0. The lowest BCUT2D eigenvalue weighted by molar-refractivity contribution is 0.0519.